The van der Waals surface area contributed by atoms with Crippen LogP contribution in [0.25, 0.3) is 0 Å². The number of amides is 1. The van der Waals surface area contributed by atoms with E-state index in [4.69, 9.17) is 0 Å². The molecule has 122 valence electrons. The topological polar surface area (TPSA) is 37.3 Å². The van der Waals surface area contributed by atoms with Gasteiger partial charge in [-0.2, -0.15) is 0 Å². The molecule has 2 heterocycles. The molecular formula is C18H29N3O. The summed E-state index contributed by atoms with van der Waals surface area (Å²) in [4.78, 5) is 14.4. The van der Waals surface area contributed by atoms with Gasteiger partial charge in [0.1, 0.15) is 0 Å². The summed E-state index contributed by atoms with van der Waals surface area (Å²) in [5.74, 6) is 0.221. The van der Waals surface area contributed by atoms with Crippen LogP contribution in [0.2, 0.25) is 0 Å². The van der Waals surface area contributed by atoms with Gasteiger partial charge < -0.3 is 9.88 Å². The molecule has 1 aromatic rings. The fourth-order valence-corrected chi connectivity index (χ4v) is 4.14. The molecule has 0 spiro atoms. The van der Waals surface area contributed by atoms with Crippen LogP contribution in [-0.4, -0.2) is 41.1 Å². The minimum atomic E-state index is 0.221. The highest BCUT2D eigenvalue weighted by atomic mass is 16.2. The summed E-state index contributed by atoms with van der Waals surface area (Å²) in [5.41, 5.74) is 2.71. The SMILES string of the molecule is Cc1ccc(C)n1C1CCN(CC(=O)NC2CCCC2)CC1. The lowest BCUT2D eigenvalue weighted by Crippen LogP contribution is -2.44. The minimum Gasteiger partial charge on any atom is -0.352 e. The van der Waals surface area contributed by atoms with Crippen molar-refractivity contribution in [3.05, 3.63) is 23.5 Å². The fourth-order valence-electron chi connectivity index (χ4n) is 4.14. The normalized spacial score (nSPS) is 21.4. The standard InChI is InChI=1S/C18H29N3O/c1-14-7-8-15(2)21(14)17-9-11-20(12-10-17)13-18(22)19-16-5-3-4-6-16/h7-8,16-17H,3-6,9-13H2,1-2H3,(H,19,22). The monoisotopic (exact) mass is 303 g/mol. The van der Waals surface area contributed by atoms with Crippen LogP contribution in [0, 0.1) is 13.8 Å². The van der Waals surface area contributed by atoms with Gasteiger partial charge in [0.2, 0.25) is 5.91 Å². The Morgan fingerprint density at radius 3 is 2.27 bits per heavy atom. The van der Waals surface area contributed by atoms with Crippen LogP contribution in [0.1, 0.15) is 56.0 Å². The van der Waals surface area contributed by atoms with Gasteiger partial charge in [-0.1, -0.05) is 12.8 Å². The maximum atomic E-state index is 12.1. The van der Waals surface area contributed by atoms with Crippen molar-refractivity contribution in [2.45, 2.75) is 64.5 Å². The van der Waals surface area contributed by atoms with Gasteiger partial charge in [-0.25, -0.2) is 0 Å². The van der Waals surface area contributed by atoms with Crippen molar-refractivity contribution in [1.29, 1.82) is 0 Å². The Bertz CT molecular complexity index is 489. The molecule has 1 aliphatic heterocycles. The van der Waals surface area contributed by atoms with Crippen LogP contribution in [-0.2, 0) is 4.79 Å². The van der Waals surface area contributed by atoms with Crippen LogP contribution in [0.5, 0.6) is 0 Å². The van der Waals surface area contributed by atoms with Crippen LogP contribution in [0.15, 0.2) is 12.1 Å². The van der Waals surface area contributed by atoms with E-state index in [0.29, 0.717) is 18.6 Å². The number of piperidine rings is 1. The molecule has 0 bridgehead atoms. The molecule has 1 aliphatic carbocycles. The summed E-state index contributed by atoms with van der Waals surface area (Å²) in [6, 6.07) is 5.45. The number of aryl methyl sites for hydroxylation is 2. The van der Waals surface area contributed by atoms with Crippen LogP contribution < -0.4 is 5.32 Å². The van der Waals surface area contributed by atoms with E-state index in [2.05, 4.69) is 40.8 Å². The molecule has 2 aliphatic rings. The van der Waals surface area contributed by atoms with Crippen molar-refractivity contribution < 1.29 is 4.79 Å². The van der Waals surface area contributed by atoms with E-state index in [1.807, 2.05) is 0 Å². The third-order valence-corrected chi connectivity index (χ3v) is 5.34. The molecule has 0 radical (unpaired) electrons. The lowest BCUT2D eigenvalue weighted by Gasteiger charge is -2.33. The average molecular weight is 303 g/mol. The molecule has 4 nitrogen and oxygen atoms in total. The van der Waals surface area contributed by atoms with E-state index in [0.717, 1.165) is 25.9 Å². The molecule has 3 rings (SSSR count). The summed E-state index contributed by atoms with van der Waals surface area (Å²) in [5, 5.41) is 3.20. The molecule has 22 heavy (non-hydrogen) atoms. The Balaban J connectivity index is 1.46. The molecule has 0 atom stereocenters. The number of hydrogen-bond acceptors (Lipinski definition) is 2. The zero-order chi connectivity index (χ0) is 15.5. The Hall–Kier alpha value is -1.29. The molecule has 1 amide bonds. The Morgan fingerprint density at radius 1 is 1.09 bits per heavy atom. The third kappa shape index (κ3) is 3.54. The summed E-state index contributed by atoms with van der Waals surface area (Å²) in [6.45, 7) is 7.01. The number of rotatable bonds is 4. The van der Waals surface area contributed by atoms with Gasteiger partial charge in [0, 0.05) is 36.6 Å². The van der Waals surface area contributed by atoms with Crippen LogP contribution in [0.3, 0.4) is 0 Å². The Kier molecular flexibility index (Phi) is 4.87. The number of nitrogens with zero attached hydrogens (tertiary/aromatic N) is 2. The van der Waals surface area contributed by atoms with E-state index in [-0.39, 0.29) is 5.91 Å². The maximum Gasteiger partial charge on any atom is 0.234 e. The molecule has 1 N–H and O–H groups in total. The number of carbonyl (C=O) groups is 1. The predicted octanol–water partition coefficient (Wildman–Crippen LogP) is 2.80. The van der Waals surface area contributed by atoms with E-state index >= 15 is 0 Å². The average Bonchev–Trinajstić information content (AvgIpc) is 3.10. The zero-order valence-electron chi connectivity index (χ0n) is 14.0. The highest BCUT2D eigenvalue weighted by Crippen LogP contribution is 2.26. The first-order valence-electron chi connectivity index (χ1n) is 8.79. The minimum absolute atomic E-state index is 0.221. The lowest BCUT2D eigenvalue weighted by atomic mass is 10.0. The highest BCUT2D eigenvalue weighted by molar-refractivity contribution is 5.78. The predicted molar refractivity (Wildman–Crippen MR) is 89.0 cm³/mol. The molecule has 2 fully saturated rings. The summed E-state index contributed by atoms with van der Waals surface area (Å²) in [7, 11) is 0. The molecule has 0 aromatic carbocycles. The zero-order valence-corrected chi connectivity index (χ0v) is 14.0. The third-order valence-electron chi connectivity index (χ3n) is 5.34. The maximum absolute atomic E-state index is 12.1. The quantitative estimate of drug-likeness (QED) is 0.928. The molecule has 4 heteroatoms. The molecule has 0 unspecified atom stereocenters. The van der Waals surface area contributed by atoms with Gasteiger partial charge in [0.15, 0.2) is 0 Å². The molecule has 1 saturated carbocycles. The second-order valence-electron chi connectivity index (χ2n) is 7.04. The first kappa shape index (κ1) is 15.6. The van der Waals surface area contributed by atoms with Gasteiger partial charge in [-0.05, 0) is 51.7 Å². The number of carbonyl (C=O) groups excluding carboxylic acids is 1. The van der Waals surface area contributed by atoms with Gasteiger partial charge in [0.25, 0.3) is 0 Å². The van der Waals surface area contributed by atoms with Crippen molar-refractivity contribution in [1.82, 2.24) is 14.8 Å². The number of likely N-dealkylation sites (tertiary alicyclic amines) is 1. The van der Waals surface area contributed by atoms with E-state index < -0.39 is 0 Å². The second kappa shape index (κ2) is 6.86. The van der Waals surface area contributed by atoms with Gasteiger partial charge in [-0.15, -0.1) is 0 Å². The summed E-state index contributed by atoms with van der Waals surface area (Å²) < 4.78 is 2.47. The van der Waals surface area contributed by atoms with Gasteiger partial charge in [-0.3, -0.25) is 9.69 Å². The highest BCUT2D eigenvalue weighted by Gasteiger charge is 2.24. The summed E-state index contributed by atoms with van der Waals surface area (Å²) >= 11 is 0. The van der Waals surface area contributed by atoms with Crippen molar-refractivity contribution in [2.75, 3.05) is 19.6 Å². The van der Waals surface area contributed by atoms with Crippen molar-refractivity contribution in [2.24, 2.45) is 0 Å². The first-order valence-corrected chi connectivity index (χ1v) is 8.79. The lowest BCUT2D eigenvalue weighted by molar-refractivity contribution is -0.123. The van der Waals surface area contributed by atoms with E-state index in [9.17, 15) is 4.79 Å². The smallest absolute Gasteiger partial charge is 0.234 e. The summed E-state index contributed by atoms with van der Waals surface area (Å²) in [6.07, 6.45) is 7.16. The number of hydrogen-bond donors (Lipinski definition) is 1. The van der Waals surface area contributed by atoms with Gasteiger partial charge in [0.05, 0.1) is 6.54 Å². The Morgan fingerprint density at radius 2 is 1.68 bits per heavy atom. The van der Waals surface area contributed by atoms with Gasteiger partial charge >= 0.3 is 0 Å². The Labute approximate surface area is 133 Å². The molecule has 1 aromatic heterocycles. The van der Waals surface area contributed by atoms with Crippen molar-refractivity contribution in [3.63, 3.8) is 0 Å². The fraction of sp³-hybridized carbons (Fsp3) is 0.722. The largest absolute Gasteiger partial charge is 0.352 e. The van der Waals surface area contributed by atoms with Crippen LogP contribution >= 0.6 is 0 Å². The van der Waals surface area contributed by atoms with Crippen LogP contribution in [0.4, 0.5) is 0 Å². The van der Waals surface area contributed by atoms with E-state index in [1.54, 1.807) is 0 Å². The molecular weight excluding hydrogens is 274 g/mol. The van der Waals surface area contributed by atoms with E-state index in [1.165, 1.54) is 37.1 Å². The number of aromatic nitrogens is 1. The molecule has 1 saturated heterocycles. The van der Waals surface area contributed by atoms with Crippen molar-refractivity contribution in [3.8, 4) is 0 Å². The first-order chi connectivity index (χ1) is 10.6. The second-order valence-corrected chi connectivity index (χ2v) is 7.04. The number of nitrogens with one attached hydrogen (secondary N) is 1. The van der Waals surface area contributed by atoms with Crippen molar-refractivity contribution >= 4 is 5.91 Å².